The van der Waals surface area contributed by atoms with E-state index in [-0.39, 0.29) is 6.04 Å². The van der Waals surface area contributed by atoms with Crippen molar-refractivity contribution >= 4 is 46.2 Å². The Balaban J connectivity index is 1.95. The van der Waals surface area contributed by atoms with Crippen LogP contribution >= 0.6 is 18.4 Å². The maximum atomic E-state index is 6.21. The summed E-state index contributed by atoms with van der Waals surface area (Å²) in [6.45, 7) is 0. The predicted octanol–water partition coefficient (Wildman–Crippen LogP) is 3.63. The summed E-state index contributed by atoms with van der Waals surface area (Å²) >= 11 is 11.5. The number of rotatable bonds is 7. The van der Waals surface area contributed by atoms with Crippen LogP contribution in [0.25, 0.3) is 0 Å². The van der Waals surface area contributed by atoms with E-state index in [0.29, 0.717) is 0 Å². The van der Waals surface area contributed by atoms with Gasteiger partial charge in [0.05, 0.1) is 6.19 Å². The molecule has 1 aromatic heterocycles. The summed E-state index contributed by atoms with van der Waals surface area (Å²) < 4.78 is 0. The van der Waals surface area contributed by atoms with Crippen LogP contribution in [0.2, 0.25) is 0 Å². The van der Waals surface area contributed by atoms with Gasteiger partial charge in [0.15, 0.2) is 0 Å². The molecule has 0 spiro atoms. The number of nitrogens with zero attached hydrogens (tertiary/aromatic N) is 1. The molecule has 25 heavy (non-hydrogen) atoms. The molecule has 1 N–H and O–H groups in total. The third-order valence-corrected chi connectivity index (χ3v) is 8.56. The number of thiocarbonyl (C=S) groups is 1. The molecule has 0 aliphatic carbocycles. The van der Waals surface area contributed by atoms with Gasteiger partial charge in [-0.2, -0.15) is 0 Å². The van der Waals surface area contributed by atoms with Crippen molar-refractivity contribution in [2.75, 3.05) is 0 Å². The highest BCUT2D eigenvalue weighted by Crippen LogP contribution is 2.39. The quantitative estimate of drug-likeness (QED) is 0.498. The molecule has 0 aliphatic rings. The van der Waals surface area contributed by atoms with Gasteiger partial charge in [0.2, 0.25) is 0 Å². The molecule has 1 heterocycles. The molecule has 5 heteroatoms. The summed E-state index contributed by atoms with van der Waals surface area (Å²) in [4.78, 5) is 4.41. The Morgan fingerprint density at radius 2 is 1.44 bits per heavy atom. The molecule has 2 nitrogen and oxygen atoms in total. The Morgan fingerprint density at radius 3 is 1.92 bits per heavy atom. The van der Waals surface area contributed by atoms with E-state index in [4.69, 9.17) is 24.0 Å². The molecule has 3 rings (SSSR count). The van der Waals surface area contributed by atoms with Crippen LogP contribution in [0.3, 0.4) is 0 Å². The van der Waals surface area contributed by atoms with Crippen molar-refractivity contribution < 1.29 is 0 Å². The van der Waals surface area contributed by atoms with Crippen LogP contribution in [0.15, 0.2) is 85.1 Å². The lowest BCUT2D eigenvalue weighted by Crippen LogP contribution is -2.37. The average molecular weight is 382 g/mol. The highest BCUT2D eigenvalue weighted by molar-refractivity contribution is 8.21. The fourth-order valence-electron chi connectivity index (χ4n) is 2.68. The molecular weight excluding hydrogens is 363 g/mol. The summed E-state index contributed by atoms with van der Waals surface area (Å²) in [5, 5.41) is 7.73. The zero-order chi connectivity index (χ0) is 17.5. The summed E-state index contributed by atoms with van der Waals surface area (Å²) in [6, 6.07) is 26.5. The fraction of sp³-hybridized carbons (Fsp3) is 0.100. The topological polar surface area (TPSA) is 24.9 Å². The van der Waals surface area contributed by atoms with Crippen molar-refractivity contribution in [2.24, 2.45) is 0 Å². The molecule has 0 radical (unpaired) electrons. The zero-order valence-corrected chi connectivity index (χ0v) is 16.2. The third kappa shape index (κ3) is 4.47. The number of aromatic nitrogens is 1. The van der Waals surface area contributed by atoms with E-state index in [2.05, 4.69) is 34.3 Å². The molecule has 0 amide bonds. The van der Waals surface area contributed by atoms with Gasteiger partial charge in [-0.25, -0.2) is 0 Å². The Labute approximate surface area is 159 Å². The summed E-state index contributed by atoms with van der Waals surface area (Å²) in [7, 11) is 0. The van der Waals surface area contributed by atoms with Crippen LogP contribution in [0, 0.1) is 0 Å². The van der Waals surface area contributed by atoms with E-state index < -0.39 is 6.19 Å². The van der Waals surface area contributed by atoms with Crippen molar-refractivity contribution in [1.82, 2.24) is 10.1 Å². The van der Waals surface area contributed by atoms with Crippen LogP contribution in [0.4, 0.5) is 0 Å². The van der Waals surface area contributed by atoms with Gasteiger partial charge in [-0.3, -0.25) is 10.1 Å². The standard InChI is InChI=1S/C20H19N2PS2/c24-16-18(15-17-9-7-8-14-21-17)22-23(25,19-10-3-1-4-11-19)20-12-5-2-6-13-20/h1-14,16,18H,15H2,(H,22,25). The molecule has 1 atom stereocenters. The van der Waals surface area contributed by atoms with E-state index in [1.165, 1.54) is 0 Å². The van der Waals surface area contributed by atoms with E-state index >= 15 is 0 Å². The number of benzene rings is 2. The molecule has 0 aliphatic heterocycles. The minimum absolute atomic E-state index is 0.0175. The first-order chi connectivity index (χ1) is 12.2. The maximum Gasteiger partial charge on any atom is 0.0689 e. The molecule has 2 aromatic carbocycles. The van der Waals surface area contributed by atoms with Crippen molar-refractivity contribution in [2.45, 2.75) is 12.5 Å². The second-order valence-electron chi connectivity index (χ2n) is 5.68. The lowest BCUT2D eigenvalue weighted by Gasteiger charge is -2.28. The van der Waals surface area contributed by atoms with Crippen LogP contribution in [-0.2, 0) is 18.2 Å². The van der Waals surface area contributed by atoms with Gasteiger partial charge in [-0.15, -0.1) is 0 Å². The first-order valence-corrected chi connectivity index (χ1v) is 11.3. The van der Waals surface area contributed by atoms with Gasteiger partial charge < -0.3 is 0 Å². The van der Waals surface area contributed by atoms with Crippen LogP contribution in [0.5, 0.6) is 0 Å². The zero-order valence-electron chi connectivity index (χ0n) is 13.7. The van der Waals surface area contributed by atoms with Gasteiger partial charge in [0.25, 0.3) is 0 Å². The Bertz CT molecular complexity index is 811. The Hall–Kier alpha value is -1.71. The van der Waals surface area contributed by atoms with Gasteiger partial charge in [-0.05, 0) is 17.5 Å². The van der Waals surface area contributed by atoms with Crippen LogP contribution in [0.1, 0.15) is 5.69 Å². The van der Waals surface area contributed by atoms with E-state index in [1.54, 1.807) is 11.6 Å². The lowest BCUT2D eigenvalue weighted by molar-refractivity contribution is 0.788. The minimum atomic E-state index is -2.18. The summed E-state index contributed by atoms with van der Waals surface area (Å²) in [6.07, 6.45) is 0.354. The first-order valence-electron chi connectivity index (χ1n) is 8.06. The fourth-order valence-corrected chi connectivity index (χ4v) is 6.49. The van der Waals surface area contributed by atoms with Crippen molar-refractivity contribution in [1.29, 1.82) is 0 Å². The number of pyridine rings is 1. The molecule has 3 aromatic rings. The van der Waals surface area contributed by atoms with E-state index in [1.807, 2.05) is 54.6 Å². The highest BCUT2D eigenvalue weighted by atomic mass is 32.4. The number of hydrogen-bond donors (Lipinski definition) is 1. The SMILES string of the molecule is S=CC(Cc1ccccn1)NP(=S)(c1ccccc1)c1ccccc1. The highest BCUT2D eigenvalue weighted by Gasteiger charge is 2.25. The van der Waals surface area contributed by atoms with Crippen LogP contribution < -0.4 is 15.7 Å². The smallest absolute Gasteiger partial charge is 0.0689 e. The molecule has 0 fully saturated rings. The Kier molecular flexibility index (Phi) is 6.22. The normalized spacial score (nSPS) is 12.5. The third-order valence-electron chi connectivity index (χ3n) is 3.91. The maximum absolute atomic E-state index is 6.21. The molecule has 0 bridgehead atoms. The van der Waals surface area contributed by atoms with Gasteiger partial charge >= 0.3 is 0 Å². The Morgan fingerprint density at radius 1 is 0.880 bits per heavy atom. The second kappa shape index (κ2) is 8.59. The molecule has 126 valence electrons. The second-order valence-corrected chi connectivity index (χ2v) is 10.1. The number of nitrogens with one attached hydrogen (secondary N) is 1. The first kappa shape index (κ1) is 18.1. The summed E-state index contributed by atoms with van der Waals surface area (Å²) in [5.74, 6) is 0. The molecule has 0 saturated carbocycles. The monoisotopic (exact) mass is 382 g/mol. The van der Waals surface area contributed by atoms with Crippen molar-refractivity contribution in [3.05, 3.63) is 90.8 Å². The minimum Gasteiger partial charge on any atom is -0.274 e. The largest absolute Gasteiger partial charge is 0.274 e. The summed E-state index contributed by atoms with van der Waals surface area (Å²) in [5.41, 5.74) is 1.00. The van der Waals surface area contributed by atoms with Gasteiger partial charge in [0.1, 0.15) is 0 Å². The number of hydrogen-bond acceptors (Lipinski definition) is 3. The van der Waals surface area contributed by atoms with E-state index in [0.717, 1.165) is 22.7 Å². The van der Waals surface area contributed by atoms with Crippen molar-refractivity contribution in [3.63, 3.8) is 0 Å². The molecule has 1 unspecified atom stereocenters. The average Bonchev–Trinajstić information content (AvgIpc) is 2.69. The lowest BCUT2D eigenvalue weighted by atomic mass is 10.2. The van der Waals surface area contributed by atoms with Crippen LogP contribution in [-0.4, -0.2) is 16.4 Å². The van der Waals surface area contributed by atoms with Gasteiger partial charge in [0, 0.05) is 35.0 Å². The van der Waals surface area contributed by atoms with Gasteiger partial charge in [-0.1, -0.05) is 90.8 Å². The van der Waals surface area contributed by atoms with E-state index in [9.17, 15) is 0 Å². The molecular formula is C20H19N2PS2. The van der Waals surface area contributed by atoms with Crippen molar-refractivity contribution in [3.8, 4) is 0 Å². The predicted molar refractivity (Wildman–Crippen MR) is 115 cm³/mol. The molecule has 0 saturated heterocycles.